The zero-order valence-corrected chi connectivity index (χ0v) is 11.9. The molecule has 0 aromatic heterocycles. The molecule has 2 N–H and O–H groups in total. The molecule has 18 heavy (non-hydrogen) atoms. The largest absolute Gasteiger partial charge is 0.372 e. The second kappa shape index (κ2) is 5.86. The van der Waals surface area contributed by atoms with Crippen molar-refractivity contribution in [1.82, 2.24) is 10.0 Å². The molecule has 6 heteroatoms. The first kappa shape index (κ1) is 14.2. The van der Waals surface area contributed by atoms with Crippen LogP contribution < -0.4 is 10.0 Å². The van der Waals surface area contributed by atoms with Crippen LogP contribution in [0.2, 0.25) is 0 Å². The van der Waals surface area contributed by atoms with Gasteiger partial charge in [-0.1, -0.05) is 6.92 Å². The van der Waals surface area contributed by atoms with E-state index in [1.807, 2.05) is 6.92 Å². The quantitative estimate of drug-likeness (QED) is 0.790. The Morgan fingerprint density at radius 1 is 1.39 bits per heavy atom. The van der Waals surface area contributed by atoms with Gasteiger partial charge in [0.05, 0.1) is 18.0 Å². The van der Waals surface area contributed by atoms with Gasteiger partial charge in [-0.05, 0) is 32.1 Å². The molecule has 1 heterocycles. The van der Waals surface area contributed by atoms with Crippen molar-refractivity contribution >= 4 is 10.0 Å². The standard InChI is InChI=1S/C12H24N2O3S/c1-2-9-18(15,16)14-11-3-5-12(6-4-11)10-13-7-8-17-12/h11,13-14H,2-10H2,1H3. The van der Waals surface area contributed by atoms with Crippen molar-refractivity contribution in [2.45, 2.75) is 50.7 Å². The smallest absolute Gasteiger partial charge is 0.211 e. The molecule has 2 rings (SSSR count). The highest BCUT2D eigenvalue weighted by Gasteiger charge is 2.38. The third-order valence-corrected chi connectivity index (χ3v) is 5.49. The van der Waals surface area contributed by atoms with Gasteiger partial charge in [0.1, 0.15) is 0 Å². The Hall–Kier alpha value is -0.170. The number of morpholine rings is 1. The molecule has 1 aliphatic carbocycles. The van der Waals surface area contributed by atoms with E-state index in [4.69, 9.17) is 4.74 Å². The zero-order valence-electron chi connectivity index (χ0n) is 11.1. The van der Waals surface area contributed by atoms with Crippen molar-refractivity contribution < 1.29 is 13.2 Å². The molecule has 0 aromatic carbocycles. The maximum atomic E-state index is 11.7. The van der Waals surface area contributed by atoms with Gasteiger partial charge in [-0.2, -0.15) is 0 Å². The van der Waals surface area contributed by atoms with Gasteiger partial charge >= 0.3 is 0 Å². The average Bonchev–Trinajstić information content (AvgIpc) is 2.33. The summed E-state index contributed by atoms with van der Waals surface area (Å²) in [5.41, 5.74) is -0.0368. The van der Waals surface area contributed by atoms with Crippen LogP contribution in [0.3, 0.4) is 0 Å². The minimum Gasteiger partial charge on any atom is -0.372 e. The van der Waals surface area contributed by atoms with Gasteiger partial charge < -0.3 is 10.1 Å². The third kappa shape index (κ3) is 3.66. The lowest BCUT2D eigenvalue weighted by molar-refractivity contribution is -0.0903. The van der Waals surface area contributed by atoms with Crippen molar-refractivity contribution in [1.29, 1.82) is 0 Å². The number of hydrogen-bond acceptors (Lipinski definition) is 4. The first-order valence-corrected chi connectivity index (χ1v) is 8.55. The fraction of sp³-hybridized carbons (Fsp3) is 1.00. The Labute approximate surface area is 110 Å². The van der Waals surface area contributed by atoms with Gasteiger partial charge in [-0.25, -0.2) is 13.1 Å². The van der Waals surface area contributed by atoms with E-state index in [0.717, 1.165) is 45.4 Å². The first-order chi connectivity index (χ1) is 8.55. The summed E-state index contributed by atoms with van der Waals surface area (Å²) in [6, 6.07) is 0.0951. The normalized spacial score (nSPS) is 33.7. The SMILES string of the molecule is CCCS(=O)(=O)NC1CCC2(CC1)CNCCO2. The molecule has 2 aliphatic rings. The van der Waals surface area contributed by atoms with Crippen LogP contribution in [0, 0.1) is 0 Å². The molecule has 0 aromatic rings. The number of nitrogens with one attached hydrogen (secondary N) is 2. The molecule has 1 aliphatic heterocycles. The van der Waals surface area contributed by atoms with Crippen LogP contribution in [0.5, 0.6) is 0 Å². The second-order valence-corrected chi connectivity index (χ2v) is 7.29. The lowest BCUT2D eigenvalue weighted by Crippen LogP contribution is -2.53. The van der Waals surface area contributed by atoms with Gasteiger partial charge in [-0.3, -0.25) is 0 Å². The Balaban J connectivity index is 1.83. The number of ether oxygens (including phenoxy) is 1. The Morgan fingerprint density at radius 2 is 2.11 bits per heavy atom. The van der Waals surface area contributed by atoms with Crippen LogP contribution in [0.1, 0.15) is 39.0 Å². The first-order valence-electron chi connectivity index (χ1n) is 6.90. The summed E-state index contributed by atoms with van der Waals surface area (Å²) < 4.78 is 32.1. The Kier molecular flexibility index (Phi) is 4.64. The number of sulfonamides is 1. The van der Waals surface area contributed by atoms with Crippen LogP contribution in [0.4, 0.5) is 0 Å². The molecular formula is C12H24N2O3S. The lowest BCUT2D eigenvalue weighted by Gasteiger charge is -2.42. The molecule has 2 fully saturated rings. The third-order valence-electron chi connectivity index (χ3n) is 3.85. The lowest BCUT2D eigenvalue weighted by atomic mass is 9.81. The van der Waals surface area contributed by atoms with Crippen LogP contribution in [0.25, 0.3) is 0 Å². The Morgan fingerprint density at radius 3 is 2.67 bits per heavy atom. The van der Waals surface area contributed by atoms with Crippen LogP contribution in [-0.2, 0) is 14.8 Å². The molecule has 0 unspecified atom stereocenters. The average molecular weight is 276 g/mol. The van der Waals surface area contributed by atoms with E-state index < -0.39 is 10.0 Å². The zero-order chi connectivity index (χ0) is 13.1. The molecule has 0 radical (unpaired) electrons. The molecular weight excluding hydrogens is 252 g/mol. The highest BCUT2D eigenvalue weighted by molar-refractivity contribution is 7.89. The fourth-order valence-electron chi connectivity index (χ4n) is 2.87. The molecule has 0 amide bonds. The summed E-state index contributed by atoms with van der Waals surface area (Å²) in [6.07, 6.45) is 4.31. The molecule has 106 valence electrons. The molecule has 1 spiro atoms. The summed E-state index contributed by atoms with van der Waals surface area (Å²) in [4.78, 5) is 0. The van der Waals surface area contributed by atoms with Crippen LogP contribution in [-0.4, -0.2) is 45.5 Å². The topological polar surface area (TPSA) is 67.4 Å². The van der Waals surface area contributed by atoms with E-state index >= 15 is 0 Å². The molecule has 1 saturated carbocycles. The minimum atomic E-state index is -3.08. The maximum Gasteiger partial charge on any atom is 0.211 e. The van der Waals surface area contributed by atoms with E-state index in [9.17, 15) is 8.42 Å². The fourth-order valence-corrected chi connectivity index (χ4v) is 4.27. The summed E-state index contributed by atoms with van der Waals surface area (Å²) in [7, 11) is -3.08. The molecule has 0 atom stereocenters. The van der Waals surface area contributed by atoms with Crippen LogP contribution in [0.15, 0.2) is 0 Å². The van der Waals surface area contributed by atoms with E-state index in [1.165, 1.54) is 0 Å². The number of hydrogen-bond donors (Lipinski definition) is 2. The van der Waals surface area contributed by atoms with Gasteiger partial charge in [0.15, 0.2) is 0 Å². The van der Waals surface area contributed by atoms with E-state index in [-0.39, 0.29) is 17.4 Å². The maximum absolute atomic E-state index is 11.7. The minimum absolute atomic E-state index is 0.0368. The Bertz CT molecular complexity index is 354. The van der Waals surface area contributed by atoms with Crippen molar-refractivity contribution in [3.8, 4) is 0 Å². The monoisotopic (exact) mass is 276 g/mol. The summed E-state index contributed by atoms with van der Waals surface area (Å²) >= 11 is 0. The predicted molar refractivity (Wildman–Crippen MR) is 71.0 cm³/mol. The second-order valence-electron chi connectivity index (χ2n) is 5.42. The molecule has 5 nitrogen and oxygen atoms in total. The molecule has 0 bridgehead atoms. The van der Waals surface area contributed by atoms with E-state index in [2.05, 4.69) is 10.0 Å². The highest BCUT2D eigenvalue weighted by Crippen LogP contribution is 2.32. The summed E-state index contributed by atoms with van der Waals surface area (Å²) in [5, 5.41) is 3.37. The highest BCUT2D eigenvalue weighted by atomic mass is 32.2. The van der Waals surface area contributed by atoms with Crippen molar-refractivity contribution in [2.24, 2.45) is 0 Å². The summed E-state index contributed by atoms with van der Waals surface area (Å²) in [5.74, 6) is 0.229. The van der Waals surface area contributed by atoms with Crippen molar-refractivity contribution in [2.75, 3.05) is 25.4 Å². The van der Waals surface area contributed by atoms with Crippen LogP contribution >= 0.6 is 0 Å². The van der Waals surface area contributed by atoms with E-state index in [0.29, 0.717) is 6.42 Å². The molecule has 1 saturated heterocycles. The van der Waals surface area contributed by atoms with E-state index in [1.54, 1.807) is 0 Å². The van der Waals surface area contributed by atoms with Crippen molar-refractivity contribution in [3.63, 3.8) is 0 Å². The predicted octanol–water partition coefficient (Wildman–Crippen LogP) is 0.617. The summed E-state index contributed by atoms with van der Waals surface area (Å²) in [6.45, 7) is 4.48. The van der Waals surface area contributed by atoms with Gasteiger partial charge in [0.2, 0.25) is 10.0 Å². The van der Waals surface area contributed by atoms with Crippen molar-refractivity contribution in [3.05, 3.63) is 0 Å². The van der Waals surface area contributed by atoms with Gasteiger partial charge in [0.25, 0.3) is 0 Å². The number of rotatable bonds is 4. The van der Waals surface area contributed by atoms with Gasteiger partial charge in [0, 0.05) is 19.1 Å². The van der Waals surface area contributed by atoms with Gasteiger partial charge in [-0.15, -0.1) is 0 Å².